The second kappa shape index (κ2) is 5.07. The molecule has 4 heteroatoms. The van der Waals surface area contributed by atoms with Gasteiger partial charge in [-0.3, -0.25) is 4.98 Å². The van der Waals surface area contributed by atoms with Crippen molar-refractivity contribution in [2.45, 2.75) is 12.5 Å². The van der Waals surface area contributed by atoms with Gasteiger partial charge in [-0.15, -0.1) is 0 Å². The van der Waals surface area contributed by atoms with Gasteiger partial charge < -0.3 is 5.32 Å². The van der Waals surface area contributed by atoms with Crippen LogP contribution in [0.2, 0.25) is 5.02 Å². The van der Waals surface area contributed by atoms with Gasteiger partial charge in [-0.05, 0) is 31.2 Å². The first-order valence-electron chi connectivity index (χ1n) is 5.49. The summed E-state index contributed by atoms with van der Waals surface area (Å²) in [6.45, 7) is 1.81. The zero-order valence-corrected chi connectivity index (χ0v) is 10.6. The topological polar surface area (TPSA) is 48.7 Å². The lowest BCUT2D eigenvalue weighted by Crippen LogP contribution is -2.30. The quantitative estimate of drug-likeness (QED) is 0.914. The van der Waals surface area contributed by atoms with Crippen LogP contribution in [0.5, 0.6) is 0 Å². The Hall–Kier alpha value is -2.05. The average Bonchev–Trinajstić information content (AvgIpc) is 2.39. The van der Waals surface area contributed by atoms with E-state index in [9.17, 15) is 5.26 Å². The Kier molecular flexibility index (Phi) is 3.50. The maximum absolute atomic E-state index is 9.40. The predicted molar refractivity (Wildman–Crippen MR) is 72.3 cm³/mol. The number of benzene rings is 1. The molecule has 0 saturated carbocycles. The number of rotatable bonds is 3. The number of halogens is 1. The van der Waals surface area contributed by atoms with Gasteiger partial charge in [0.2, 0.25) is 0 Å². The van der Waals surface area contributed by atoms with E-state index >= 15 is 0 Å². The first-order valence-corrected chi connectivity index (χ1v) is 5.87. The van der Waals surface area contributed by atoms with Crippen molar-refractivity contribution in [3.63, 3.8) is 0 Å². The molecule has 0 spiro atoms. The van der Waals surface area contributed by atoms with Crippen molar-refractivity contribution >= 4 is 17.3 Å². The highest BCUT2D eigenvalue weighted by Gasteiger charge is 2.26. The van der Waals surface area contributed by atoms with E-state index in [1.807, 2.05) is 31.2 Å². The van der Waals surface area contributed by atoms with Crippen LogP contribution in [0.4, 0.5) is 5.69 Å². The summed E-state index contributed by atoms with van der Waals surface area (Å²) in [6, 6.07) is 13.2. The zero-order valence-electron chi connectivity index (χ0n) is 9.89. The molecule has 1 aromatic heterocycles. The van der Waals surface area contributed by atoms with Crippen LogP contribution in [0.1, 0.15) is 12.5 Å². The Morgan fingerprint density at radius 2 is 2.17 bits per heavy atom. The van der Waals surface area contributed by atoms with Gasteiger partial charge in [0.15, 0.2) is 0 Å². The monoisotopic (exact) mass is 257 g/mol. The van der Waals surface area contributed by atoms with Crippen molar-refractivity contribution < 1.29 is 0 Å². The summed E-state index contributed by atoms with van der Waals surface area (Å²) in [5.41, 5.74) is 0.779. The summed E-state index contributed by atoms with van der Waals surface area (Å²) in [5, 5.41) is 13.2. The fourth-order valence-corrected chi connectivity index (χ4v) is 1.87. The summed E-state index contributed by atoms with van der Waals surface area (Å²) < 4.78 is 0. The molecule has 1 aromatic carbocycles. The molecule has 1 heterocycles. The molecule has 0 amide bonds. The third kappa shape index (κ3) is 2.61. The standard InChI is InChI=1S/C14H12ClN3/c1-14(10-16,11-4-3-7-17-9-11)18-13-6-2-5-12(15)8-13/h2-9,18H,1H3. The van der Waals surface area contributed by atoms with Crippen molar-refractivity contribution in [3.05, 3.63) is 59.4 Å². The Labute approximate surface area is 111 Å². The summed E-state index contributed by atoms with van der Waals surface area (Å²) in [7, 11) is 0. The molecule has 0 aliphatic carbocycles. The van der Waals surface area contributed by atoms with Crippen molar-refractivity contribution in [1.82, 2.24) is 4.98 Å². The highest BCUT2D eigenvalue weighted by atomic mass is 35.5. The molecule has 0 bridgehead atoms. The smallest absolute Gasteiger partial charge is 0.149 e. The van der Waals surface area contributed by atoms with Crippen molar-refractivity contribution in [2.75, 3.05) is 5.32 Å². The Morgan fingerprint density at radius 1 is 1.33 bits per heavy atom. The van der Waals surface area contributed by atoms with Crippen LogP contribution in [0.15, 0.2) is 48.8 Å². The second-order valence-corrected chi connectivity index (χ2v) is 4.55. The maximum atomic E-state index is 9.40. The van der Waals surface area contributed by atoms with Crippen LogP contribution in [-0.2, 0) is 5.54 Å². The molecule has 0 fully saturated rings. The minimum atomic E-state index is -0.834. The lowest BCUT2D eigenvalue weighted by atomic mass is 9.95. The van der Waals surface area contributed by atoms with Gasteiger partial charge in [-0.1, -0.05) is 23.7 Å². The molecule has 0 aliphatic rings. The second-order valence-electron chi connectivity index (χ2n) is 4.11. The molecule has 2 rings (SSSR count). The molecule has 1 N–H and O–H groups in total. The Bertz CT molecular complexity index is 577. The van der Waals surface area contributed by atoms with Crippen molar-refractivity contribution in [3.8, 4) is 6.07 Å². The molecule has 1 unspecified atom stereocenters. The number of hydrogen-bond donors (Lipinski definition) is 1. The average molecular weight is 258 g/mol. The van der Waals surface area contributed by atoms with E-state index in [1.165, 1.54) is 0 Å². The van der Waals surface area contributed by atoms with Gasteiger partial charge in [-0.25, -0.2) is 0 Å². The number of aromatic nitrogens is 1. The van der Waals surface area contributed by atoms with Crippen LogP contribution >= 0.6 is 11.6 Å². The number of nitrogens with one attached hydrogen (secondary N) is 1. The molecule has 1 atom stereocenters. The number of hydrogen-bond acceptors (Lipinski definition) is 3. The van der Waals surface area contributed by atoms with Gasteiger partial charge in [0, 0.05) is 28.7 Å². The molecule has 0 saturated heterocycles. The van der Waals surface area contributed by atoms with E-state index in [4.69, 9.17) is 11.6 Å². The molecule has 2 aromatic rings. The first kappa shape index (κ1) is 12.4. The largest absolute Gasteiger partial charge is 0.364 e. The SMILES string of the molecule is CC(C#N)(Nc1cccc(Cl)c1)c1cccnc1. The molecular weight excluding hydrogens is 246 g/mol. The van der Waals surface area contributed by atoms with Crippen LogP contribution in [0, 0.1) is 11.3 Å². The molecule has 0 radical (unpaired) electrons. The lowest BCUT2D eigenvalue weighted by molar-refractivity contribution is 0.702. The van der Waals surface area contributed by atoms with Crippen LogP contribution in [0.3, 0.4) is 0 Å². The van der Waals surface area contributed by atoms with E-state index in [0.717, 1.165) is 11.3 Å². The highest BCUT2D eigenvalue weighted by molar-refractivity contribution is 6.30. The van der Waals surface area contributed by atoms with Gasteiger partial charge in [-0.2, -0.15) is 5.26 Å². The van der Waals surface area contributed by atoms with Crippen LogP contribution < -0.4 is 5.32 Å². The van der Waals surface area contributed by atoms with E-state index in [1.54, 1.807) is 24.5 Å². The van der Waals surface area contributed by atoms with Crippen LogP contribution in [0.25, 0.3) is 0 Å². The van der Waals surface area contributed by atoms with Crippen LogP contribution in [-0.4, -0.2) is 4.98 Å². The Morgan fingerprint density at radius 3 is 2.78 bits per heavy atom. The lowest BCUT2D eigenvalue weighted by Gasteiger charge is -2.24. The minimum Gasteiger partial charge on any atom is -0.364 e. The third-order valence-electron chi connectivity index (χ3n) is 2.68. The molecule has 3 nitrogen and oxygen atoms in total. The fourth-order valence-electron chi connectivity index (χ4n) is 1.68. The summed E-state index contributed by atoms with van der Waals surface area (Å²) >= 11 is 5.93. The molecule has 90 valence electrons. The molecule has 18 heavy (non-hydrogen) atoms. The minimum absolute atomic E-state index is 0.631. The summed E-state index contributed by atoms with van der Waals surface area (Å²) in [5.74, 6) is 0. The molecular formula is C14H12ClN3. The summed E-state index contributed by atoms with van der Waals surface area (Å²) in [6.07, 6.45) is 3.36. The Balaban J connectivity index is 2.33. The van der Waals surface area contributed by atoms with E-state index in [0.29, 0.717) is 5.02 Å². The number of pyridine rings is 1. The van der Waals surface area contributed by atoms with E-state index < -0.39 is 5.54 Å². The third-order valence-corrected chi connectivity index (χ3v) is 2.92. The van der Waals surface area contributed by atoms with E-state index in [2.05, 4.69) is 16.4 Å². The first-order chi connectivity index (χ1) is 8.64. The predicted octanol–water partition coefficient (Wildman–Crippen LogP) is 3.59. The molecule has 0 aliphatic heterocycles. The van der Waals surface area contributed by atoms with Gasteiger partial charge >= 0.3 is 0 Å². The maximum Gasteiger partial charge on any atom is 0.149 e. The van der Waals surface area contributed by atoms with Gasteiger partial charge in [0.25, 0.3) is 0 Å². The number of anilines is 1. The zero-order chi connectivity index (χ0) is 13.0. The number of nitriles is 1. The highest BCUT2D eigenvalue weighted by Crippen LogP contribution is 2.26. The van der Waals surface area contributed by atoms with E-state index in [-0.39, 0.29) is 0 Å². The summed E-state index contributed by atoms with van der Waals surface area (Å²) in [4.78, 5) is 4.04. The van der Waals surface area contributed by atoms with Crippen molar-refractivity contribution in [1.29, 1.82) is 5.26 Å². The number of nitrogens with zero attached hydrogens (tertiary/aromatic N) is 2. The fraction of sp³-hybridized carbons (Fsp3) is 0.143. The van der Waals surface area contributed by atoms with Gasteiger partial charge in [0.05, 0.1) is 6.07 Å². The van der Waals surface area contributed by atoms with Crippen molar-refractivity contribution in [2.24, 2.45) is 0 Å². The normalized spacial score (nSPS) is 13.4. The van der Waals surface area contributed by atoms with Gasteiger partial charge in [0.1, 0.15) is 5.54 Å².